The molecule has 0 N–H and O–H groups in total. The van der Waals surface area contributed by atoms with Crippen LogP contribution in [-0.2, 0) is 0 Å². The third kappa shape index (κ3) is 2.91. The second-order valence-electron chi connectivity index (χ2n) is 6.04. The number of benzene rings is 2. The Morgan fingerprint density at radius 1 is 1.20 bits per heavy atom. The molecule has 25 heavy (non-hydrogen) atoms. The fourth-order valence-electron chi connectivity index (χ4n) is 2.72. The van der Waals surface area contributed by atoms with Crippen LogP contribution in [0, 0.1) is 0 Å². The number of para-hydroxylation sites is 2. The van der Waals surface area contributed by atoms with Crippen LogP contribution in [-0.4, -0.2) is 15.5 Å². The summed E-state index contributed by atoms with van der Waals surface area (Å²) in [5.41, 5.74) is 2.66. The van der Waals surface area contributed by atoms with Gasteiger partial charge in [0.05, 0.1) is 21.7 Å². The van der Waals surface area contributed by atoms with Crippen LogP contribution >= 0.6 is 11.3 Å². The standard InChI is InChI=1S/C20H18N2O2S/c1-3-13(2)24-15-10-8-14(9-11-15)12-18-19(23)22-17-7-5-4-6-16(17)21-20(22)25-18/h4-13H,3H2,1-2H3. The molecule has 0 bridgehead atoms. The first kappa shape index (κ1) is 15.8. The number of hydrogen-bond acceptors (Lipinski definition) is 4. The van der Waals surface area contributed by atoms with Gasteiger partial charge >= 0.3 is 0 Å². The minimum Gasteiger partial charge on any atom is -0.491 e. The lowest BCUT2D eigenvalue weighted by Gasteiger charge is -2.12. The summed E-state index contributed by atoms with van der Waals surface area (Å²) in [4.78, 5) is 18.0. The number of aromatic nitrogens is 2. The second-order valence-corrected chi connectivity index (χ2v) is 7.05. The van der Waals surface area contributed by atoms with E-state index < -0.39 is 0 Å². The van der Waals surface area contributed by atoms with Crippen LogP contribution in [0.15, 0.2) is 53.3 Å². The molecule has 2 aromatic carbocycles. The average Bonchev–Trinajstić information content (AvgIpc) is 3.13. The van der Waals surface area contributed by atoms with Gasteiger partial charge in [-0.2, -0.15) is 0 Å². The monoisotopic (exact) mass is 350 g/mol. The maximum atomic E-state index is 12.7. The Hall–Kier alpha value is -2.66. The van der Waals surface area contributed by atoms with Crippen molar-refractivity contribution in [2.24, 2.45) is 0 Å². The van der Waals surface area contributed by atoms with E-state index in [1.54, 1.807) is 4.40 Å². The molecule has 5 heteroatoms. The Kier molecular flexibility index (Phi) is 4.01. The molecule has 0 fully saturated rings. The van der Waals surface area contributed by atoms with Gasteiger partial charge in [-0.3, -0.25) is 4.79 Å². The summed E-state index contributed by atoms with van der Waals surface area (Å²) in [6.07, 6.45) is 3.07. The van der Waals surface area contributed by atoms with E-state index in [1.165, 1.54) is 11.3 Å². The molecule has 0 amide bonds. The van der Waals surface area contributed by atoms with Crippen molar-refractivity contribution >= 4 is 33.4 Å². The van der Waals surface area contributed by atoms with Crippen LogP contribution in [0.4, 0.5) is 0 Å². The molecule has 0 saturated carbocycles. The fraction of sp³-hybridized carbons (Fsp3) is 0.200. The van der Waals surface area contributed by atoms with Gasteiger partial charge in [0.1, 0.15) is 5.75 Å². The van der Waals surface area contributed by atoms with Crippen LogP contribution in [0.3, 0.4) is 0 Å². The van der Waals surface area contributed by atoms with Gasteiger partial charge in [0, 0.05) is 0 Å². The zero-order valence-corrected chi connectivity index (χ0v) is 14.9. The highest BCUT2D eigenvalue weighted by Crippen LogP contribution is 2.17. The van der Waals surface area contributed by atoms with Gasteiger partial charge in [-0.25, -0.2) is 9.38 Å². The Morgan fingerprint density at radius 3 is 2.72 bits per heavy atom. The Labute approximate surface area is 149 Å². The maximum absolute atomic E-state index is 12.7. The lowest BCUT2D eigenvalue weighted by Crippen LogP contribution is -2.22. The summed E-state index contributed by atoms with van der Waals surface area (Å²) in [5.74, 6) is 0.848. The fourth-order valence-corrected chi connectivity index (χ4v) is 3.71. The lowest BCUT2D eigenvalue weighted by atomic mass is 10.2. The van der Waals surface area contributed by atoms with Crippen molar-refractivity contribution in [2.75, 3.05) is 0 Å². The Balaban J connectivity index is 1.74. The number of nitrogens with zero attached hydrogens (tertiary/aromatic N) is 2. The van der Waals surface area contributed by atoms with Crippen molar-refractivity contribution in [3.63, 3.8) is 0 Å². The van der Waals surface area contributed by atoms with Crippen molar-refractivity contribution in [3.05, 3.63) is 69.0 Å². The minimum atomic E-state index is -0.0198. The van der Waals surface area contributed by atoms with E-state index in [2.05, 4.69) is 18.8 Å². The normalized spacial score (nSPS) is 13.6. The smallest absolute Gasteiger partial charge is 0.274 e. The van der Waals surface area contributed by atoms with E-state index in [9.17, 15) is 4.79 Å². The number of imidazole rings is 1. The number of rotatable bonds is 4. The first-order valence-electron chi connectivity index (χ1n) is 8.34. The highest BCUT2D eigenvalue weighted by atomic mass is 32.1. The van der Waals surface area contributed by atoms with Crippen molar-refractivity contribution < 1.29 is 4.74 Å². The molecular weight excluding hydrogens is 332 g/mol. The molecular formula is C20H18N2O2S. The van der Waals surface area contributed by atoms with Crippen molar-refractivity contribution in [1.29, 1.82) is 0 Å². The molecule has 0 spiro atoms. The maximum Gasteiger partial charge on any atom is 0.274 e. The predicted molar refractivity (Wildman–Crippen MR) is 102 cm³/mol. The van der Waals surface area contributed by atoms with E-state index in [4.69, 9.17) is 4.74 Å². The number of ether oxygens (including phenoxy) is 1. The quantitative estimate of drug-likeness (QED) is 0.564. The molecule has 2 aromatic heterocycles. The number of fused-ring (bicyclic) bond motifs is 3. The Bertz CT molecular complexity index is 1140. The molecule has 4 nitrogen and oxygen atoms in total. The first-order valence-corrected chi connectivity index (χ1v) is 9.16. The van der Waals surface area contributed by atoms with Crippen LogP contribution in [0.2, 0.25) is 0 Å². The topological polar surface area (TPSA) is 43.6 Å². The van der Waals surface area contributed by atoms with Crippen LogP contribution < -0.4 is 14.8 Å². The molecule has 0 aliphatic carbocycles. The molecule has 0 radical (unpaired) electrons. The molecule has 1 unspecified atom stereocenters. The molecule has 4 aromatic rings. The lowest BCUT2D eigenvalue weighted by molar-refractivity contribution is 0.217. The third-order valence-corrected chi connectivity index (χ3v) is 5.20. The highest BCUT2D eigenvalue weighted by molar-refractivity contribution is 7.15. The van der Waals surface area contributed by atoms with Crippen LogP contribution in [0.5, 0.6) is 5.75 Å². The minimum absolute atomic E-state index is 0.0198. The van der Waals surface area contributed by atoms with Crippen molar-refractivity contribution in [1.82, 2.24) is 9.38 Å². The molecule has 0 aliphatic heterocycles. The molecule has 4 rings (SSSR count). The van der Waals surface area contributed by atoms with Gasteiger partial charge in [0.25, 0.3) is 5.56 Å². The molecule has 1 atom stereocenters. The molecule has 0 aliphatic rings. The zero-order chi connectivity index (χ0) is 17.4. The van der Waals surface area contributed by atoms with Gasteiger partial charge in [0.2, 0.25) is 0 Å². The van der Waals surface area contributed by atoms with E-state index in [-0.39, 0.29) is 11.7 Å². The SMILES string of the molecule is CCC(C)Oc1ccc(C=c2sc3nc4ccccc4n3c2=O)cc1. The zero-order valence-electron chi connectivity index (χ0n) is 14.1. The molecule has 2 heterocycles. The van der Waals surface area contributed by atoms with Gasteiger partial charge in [-0.1, -0.05) is 42.5 Å². The molecule has 0 saturated heterocycles. The first-order chi connectivity index (χ1) is 12.2. The largest absolute Gasteiger partial charge is 0.491 e. The van der Waals surface area contributed by atoms with Gasteiger partial charge in [-0.15, -0.1) is 0 Å². The van der Waals surface area contributed by atoms with E-state index in [0.29, 0.717) is 4.53 Å². The second kappa shape index (κ2) is 6.33. The van der Waals surface area contributed by atoms with E-state index in [1.807, 2.05) is 54.6 Å². The summed E-state index contributed by atoms with van der Waals surface area (Å²) in [5, 5.41) is 0. The van der Waals surface area contributed by atoms with Gasteiger partial charge < -0.3 is 4.74 Å². The van der Waals surface area contributed by atoms with Crippen LogP contribution in [0.25, 0.3) is 22.1 Å². The number of thiazole rings is 1. The van der Waals surface area contributed by atoms with Crippen molar-refractivity contribution in [2.45, 2.75) is 26.4 Å². The summed E-state index contributed by atoms with van der Waals surface area (Å²) < 4.78 is 8.16. The van der Waals surface area contributed by atoms with E-state index >= 15 is 0 Å². The van der Waals surface area contributed by atoms with Gasteiger partial charge in [0.15, 0.2) is 4.96 Å². The van der Waals surface area contributed by atoms with Crippen molar-refractivity contribution in [3.8, 4) is 5.75 Å². The summed E-state index contributed by atoms with van der Waals surface area (Å²) >= 11 is 1.42. The summed E-state index contributed by atoms with van der Waals surface area (Å²) in [7, 11) is 0. The van der Waals surface area contributed by atoms with Gasteiger partial charge in [-0.05, 0) is 49.2 Å². The summed E-state index contributed by atoms with van der Waals surface area (Å²) in [6.45, 7) is 4.15. The number of hydrogen-bond donors (Lipinski definition) is 0. The Morgan fingerprint density at radius 2 is 1.96 bits per heavy atom. The summed E-state index contributed by atoms with van der Waals surface area (Å²) in [6, 6.07) is 15.5. The van der Waals surface area contributed by atoms with Crippen LogP contribution in [0.1, 0.15) is 25.8 Å². The van der Waals surface area contributed by atoms with E-state index in [0.717, 1.165) is 33.7 Å². The molecule has 126 valence electrons. The third-order valence-electron chi connectivity index (χ3n) is 4.24. The predicted octanol–water partition coefficient (Wildman–Crippen LogP) is 3.63. The average molecular weight is 350 g/mol. The highest BCUT2D eigenvalue weighted by Gasteiger charge is 2.10.